The number of halogens is 1. The van der Waals surface area contributed by atoms with Crippen LogP contribution in [0.25, 0.3) is 11.3 Å². The van der Waals surface area contributed by atoms with Crippen molar-refractivity contribution < 1.29 is 38.3 Å². The minimum Gasteiger partial charge on any atom is -0.497 e. The zero-order chi connectivity index (χ0) is 16.2. The van der Waals surface area contributed by atoms with E-state index in [4.69, 9.17) is 23.4 Å². The van der Waals surface area contributed by atoms with Crippen molar-refractivity contribution in [3.05, 3.63) is 36.0 Å². The van der Waals surface area contributed by atoms with E-state index in [-0.39, 0.29) is 0 Å². The molecule has 0 aliphatic rings. The van der Waals surface area contributed by atoms with Crippen LogP contribution in [0.2, 0.25) is 0 Å². The molecule has 0 fully saturated rings. The van der Waals surface area contributed by atoms with Gasteiger partial charge in [0, 0.05) is 11.6 Å². The molecule has 2 rings (SSSR count). The van der Waals surface area contributed by atoms with Gasteiger partial charge in [0.05, 0.1) is 19.9 Å². The highest BCUT2D eigenvalue weighted by atomic mass is 35.7. The Morgan fingerprint density at radius 2 is 1.57 bits per heavy atom. The second-order valence-corrected chi connectivity index (χ2v) is 5.08. The number of methoxy groups -OCH3 is 1. The van der Waals surface area contributed by atoms with Crippen LogP contribution in [0.3, 0.4) is 0 Å². The first-order chi connectivity index (χ1) is 9.63. The predicted molar refractivity (Wildman–Crippen MR) is 63.3 cm³/mol. The van der Waals surface area contributed by atoms with Crippen molar-refractivity contribution in [2.45, 2.75) is 6.92 Å². The van der Waals surface area contributed by atoms with Crippen LogP contribution in [0.5, 0.6) is 5.75 Å². The molecule has 1 aromatic heterocycles. The molecule has 116 valence electrons. The first kappa shape index (κ1) is 17.4. The predicted octanol–water partition coefficient (Wildman–Crippen LogP) is -2.92. The maximum Gasteiger partial charge on any atom is 0.238 e. The van der Waals surface area contributed by atoms with Crippen molar-refractivity contribution in [2.24, 2.45) is 14.1 Å². The summed E-state index contributed by atoms with van der Waals surface area (Å²) >= 11 is 0. The molecular weight excluding hydrogens is 300 g/mol. The van der Waals surface area contributed by atoms with Crippen LogP contribution in [0.4, 0.5) is 0 Å². The smallest absolute Gasteiger partial charge is 0.238 e. The van der Waals surface area contributed by atoms with Gasteiger partial charge in [-0.3, -0.25) is 0 Å². The average Bonchev–Trinajstić information content (AvgIpc) is 2.65. The highest BCUT2D eigenvalue weighted by molar-refractivity contribution is 5.57. The van der Waals surface area contributed by atoms with Crippen molar-refractivity contribution in [1.82, 2.24) is 4.68 Å². The number of rotatable bonds is 2. The molecule has 1 heterocycles. The molecule has 0 N–H and O–H groups in total. The van der Waals surface area contributed by atoms with Gasteiger partial charge in [-0.05, 0) is 31.2 Å². The largest absolute Gasteiger partial charge is 0.497 e. The monoisotopic (exact) mass is 316 g/mol. The van der Waals surface area contributed by atoms with Crippen molar-refractivity contribution in [3.63, 3.8) is 0 Å². The standard InChI is InChI=1S/C13H17N2O.ClHO4/c1-10-9-13(15(3)14(10)2)11-5-7-12(16-4)8-6-11;2-1(3,4)5/h5-9H,1-4H3;(H,2,3,4,5)/q+1;/p-1. The fraction of sp³-hybridized carbons (Fsp3) is 0.308. The van der Waals surface area contributed by atoms with E-state index in [0.29, 0.717) is 0 Å². The third kappa shape index (κ3) is 5.33. The highest BCUT2D eigenvalue weighted by Crippen LogP contribution is 2.20. The summed E-state index contributed by atoms with van der Waals surface area (Å²) < 4.78 is 43.4. The Kier molecular flexibility index (Phi) is 5.70. The lowest BCUT2D eigenvalue weighted by Crippen LogP contribution is -2.68. The van der Waals surface area contributed by atoms with E-state index in [1.165, 1.54) is 17.0 Å². The first-order valence-corrected chi connectivity index (χ1v) is 7.15. The molecule has 0 aliphatic carbocycles. The molecule has 0 bridgehead atoms. The van der Waals surface area contributed by atoms with Gasteiger partial charge in [-0.15, -0.1) is 14.9 Å². The minimum absolute atomic E-state index is 0.888. The van der Waals surface area contributed by atoms with E-state index in [0.717, 1.165) is 5.75 Å². The number of hydrogen-bond acceptors (Lipinski definition) is 5. The van der Waals surface area contributed by atoms with E-state index in [1.54, 1.807) is 7.11 Å². The van der Waals surface area contributed by atoms with Crippen LogP contribution >= 0.6 is 0 Å². The zero-order valence-electron chi connectivity index (χ0n) is 12.2. The summed E-state index contributed by atoms with van der Waals surface area (Å²) in [7, 11) is 0.858. The summed E-state index contributed by atoms with van der Waals surface area (Å²) in [5, 5.41) is 0. The molecule has 21 heavy (non-hydrogen) atoms. The Bertz CT molecular complexity index is 584. The fourth-order valence-corrected chi connectivity index (χ4v) is 1.81. The van der Waals surface area contributed by atoms with Crippen molar-refractivity contribution in [2.75, 3.05) is 7.11 Å². The molecule has 0 unspecified atom stereocenters. The van der Waals surface area contributed by atoms with Crippen LogP contribution in [-0.2, 0) is 14.1 Å². The number of aromatic nitrogens is 2. The van der Waals surface area contributed by atoms with Crippen LogP contribution in [0, 0.1) is 17.2 Å². The Balaban J connectivity index is 0.000000383. The molecule has 7 nitrogen and oxygen atoms in total. The summed E-state index contributed by atoms with van der Waals surface area (Å²) in [6, 6.07) is 10.3. The Morgan fingerprint density at radius 1 is 1.10 bits per heavy atom. The lowest BCUT2D eigenvalue weighted by molar-refractivity contribution is -2.00. The molecule has 0 spiro atoms. The second kappa shape index (κ2) is 6.88. The summed E-state index contributed by atoms with van der Waals surface area (Å²) in [5.74, 6) is 0.888. The summed E-state index contributed by atoms with van der Waals surface area (Å²) in [6.07, 6.45) is 0. The number of hydrogen-bond donors (Lipinski definition) is 0. The van der Waals surface area contributed by atoms with Gasteiger partial charge in [-0.2, -0.15) is 4.68 Å². The second-order valence-electron chi connectivity index (χ2n) is 4.32. The van der Waals surface area contributed by atoms with E-state index >= 15 is 0 Å². The Labute approximate surface area is 125 Å². The van der Waals surface area contributed by atoms with Crippen LogP contribution in [-0.4, -0.2) is 11.8 Å². The quantitative estimate of drug-likeness (QED) is 0.551. The molecule has 1 aromatic carbocycles. The van der Waals surface area contributed by atoms with Crippen molar-refractivity contribution in [1.29, 1.82) is 0 Å². The molecular formula is C13H17ClN2O5. The summed E-state index contributed by atoms with van der Waals surface area (Å²) in [4.78, 5) is 0. The lowest BCUT2D eigenvalue weighted by Gasteiger charge is -2.17. The third-order valence-electron chi connectivity index (χ3n) is 3.04. The van der Waals surface area contributed by atoms with E-state index in [2.05, 4.69) is 48.6 Å². The SMILES string of the molecule is COc1ccc(-c2cc(C)n(C)[n+]2C)cc1.[O-][Cl+3]([O-])([O-])[O-]. The summed E-state index contributed by atoms with van der Waals surface area (Å²) in [5.41, 5.74) is 3.66. The van der Waals surface area contributed by atoms with Crippen molar-refractivity contribution >= 4 is 0 Å². The molecule has 0 saturated carbocycles. The zero-order valence-corrected chi connectivity index (χ0v) is 13.0. The normalized spacial score (nSPS) is 10.9. The Morgan fingerprint density at radius 3 is 1.90 bits per heavy atom. The number of ether oxygens (including phenoxy) is 1. The van der Waals surface area contributed by atoms with Crippen LogP contribution < -0.4 is 28.1 Å². The maximum absolute atomic E-state index is 8.49. The van der Waals surface area contributed by atoms with E-state index < -0.39 is 10.2 Å². The molecule has 0 aliphatic heterocycles. The molecule has 0 saturated heterocycles. The van der Waals surface area contributed by atoms with Gasteiger partial charge in [0.2, 0.25) is 5.69 Å². The third-order valence-corrected chi connectivity index (χ3v) is 3.04. The van der Waals surface area contributed by atoms with Gasteiger partial charge < -0.3 is 4.74 Å². The summed E-state index contributed by atoms with van der Waals surface area (Å²) in [6.45, 7) is 2.10. The fourth-order valence-electron chi connectivity index (χ4n) is 1.81. The van der Waals surface area contributed by atoms with Gasteiger partial charge in [0.15, 0.2) is 7.05 Å². The van der Waals surface area contributed by atoms with Crippen LogP contribution in [0.1, 0.15) is 5.69 Å². The number of benzene rings is 1. The topological polar surface area (TPSA) is 110 Å². The highest BCUT2D eigenvalue weighted by Gasteiger charge is 2.15. The van der Waals surface area contributed by atoms with Crippen LogP contribution in [0.15, 0.2) is 30.3 Å². The molecule has 0 radical (unpaired) electrons. The van der Waals surface area contributed by atoms with Gasteiger partial charge in [0.25, 0.3) is 0 Å². The van der Waals surface area contributed by atoms with Crippen molar-refractivity contribution in [3.8, 4) is 17.0 Å². The number of aryl methyl sites for hydroxylation is 1. The van der Waals surface area contributed by atoms with Gasteiger partial charge >= 0.3 is 0 Å². The van der Waals surface area contributed by atoms with Gasteiger partial charge in [0.1, 0.15) is 5.75 Å². The average molecular weight is 317 g/mol. The van der Waals surface area contributed by atoms with Gasteiger partial charge in [-0.25, -0.2) is 18.6 Å². The molecule has 8 heteroatoms. The first-order valence-electron chi connectivity index (χ1n) is 5.92. The lowest BCUT2D eigenvalue weighted by atomic mass is 10.1. The Hall–Kier alpha value is -1.64. The molecule has 0 amide bonds. The minimum atomic E-state index is -4.94. The molecule has 2 aromatic rings. The van der Waals surface area contributed by atoms with E-state index in [1.807, 2.05) is 12.1 Å². The molecule has 0 atom stereocenters. The maximum atomic E-state index is 8.49. The number of nitrogens with zero attached hydrogens (tertiary/aromatic N) is 2. The van der Waals surface area contributed by atoms with Gasteiger partial charge in [-0.1, -0.05) is 0 Å². The van der Waals surface area contributed by atoms with E-state index in [9.17, 15) is 0 Å².